The monoisotopic (exact) mass is 178 g/mol. The Bertz CT molecular complexity index is 496. The zero-order chi connectivity index (χ0) is 9.42. The van der Waals surface area contributed by atoms with Gasteiger partial charge in [0.25, 0.3) is 0 Å². The van der Waals surface area contributed by atoms with Crippen LogP contribution in [0.4, 0.5) is 0 Å². The van der Waals surface area contributed by atoms with Crippen LogP contribution >= 0.6 is 0 Å². The number of hydrogen-bond acceptors (Lipinski definition) is 3. The Morgan fingerprint density at radius 2 is 2.38 bits per heavy atom. The standard InChI is InChI=1S/C10H10O3/c1-6-4-10(12)13-9-5-7(11)2-3-8(6)9/h3-5,7,11H,2H2,1H3. The maximum absolute atomic E-state index is 11.0. The van der Waals surface area contributed by atoms with Gasteiger partial charge in [-0.3, -0.25) is 0 Å². The molecule has 1 atom stereocenters. The molecule has 2 rings (SSSR count). The molecule has 0 saturated carbocycles. The van der Waals surface area contributed by atoms with Crippen molar-refractivity contribution in [2.24, 2.45) is 0 Å². The SMILES string of the molecule is Cc1cc(=O)oc2c1=CCC(O)C=2. The minimum absolute atomic E-state index is 0.366. The third kappa shape index (κ3) is 1.42. The van der Waals surface area contributed by atoms with E-state index in [1.807, 2.05) is 13.0 Å². The lowest BCUT2D eigenvalue weighted by Crippen LogP contribution is -2.35. The second kappa shape index (κ2) is 2.85. The summed E-state index contributed by atoms with van der Waals surface area (Å²) in [6.07, 6.45) is 3.52. The van der Waals surface area contributed by atoms with Crippen molar-refractivity contribution in [1.29, 1.82) is 0 Å². The fourth-order valence-corrected chi connectivity index (χ4v) is 1.51. The molecule has 3 heteroatoms. The third-order valence-corrected chi connectivity index (χ3v) is 2.14. The minimum atomic E-state index is -0.530. The van der Waals surface area contributed by atoms with Gasteiger partial charge in [-0.25, -0.2) is 4.79 Å². The quantitative estimate of drug-likeness (QED) is 0.570. The van der Waals surface area contributed by atoms with Crippen molar-refractivity contribution in [1.82, 2.24) is 0 Å². The summed E-state index contributed by atoms with van der Waals surface area (Å²) in [6, 6.07) is 1.46. The minimum Gasteiger partial charge on any atom is -0.423 e. The molecule has 0 bridgehead atoms. The summed E-state index contributed by atoms with van der Waals surface area (Å²) >= 11 is 0. The Morgan fingerprint density at radius 3 is 3.15 bits per heavy atom. The Balaban J connectivity index is 2.88. The van der Waals surface area contributed by atoms with E-state index >= 15 is 0 Å². The van der Waals surface area contributed by atoms with Crippen molar-refractivity contribution in [3.63, 3.8) is 0 Å². The third-order valence-electron chi connectivity index (χ3n) is 2.14. The van der Waals surface area contributed by atoms with Gasteiger partial charge in [0.15, 0.2) is 0 Å². The molecule has 0 saturated heterocycles. The highest BCUT2D eigenvalue weighted by Gasteiger charge is 2.06. The van der Waals surface area contributed by atoms with Crippen LogP contribution in [0.15, 0.2) is 15.3 Å². The van der Waals surface area contributed by atoms with Gasteiger partial charge in [-0.15, -0.1) is 0 Å². The van der Waals surface area contributed by atoms with E-state index in [0.29, 0.717) is 11.8 Å². The lowest BCUT2D eigenvalue weighted by Gasteiger charge is -2.06. The molecule has 0 amide bonds. The molecule has 0 fully saturated rings. The number of rotatable bonds is 0. The summed E-state index contributed by atoms with van der Waals surface area (Å²) in [6.45, 7) is 1.86. The van der Waals surface area contributed by atoms with E-state index in [4.69, 9.17) is 4.42 Å². The Labute approximate surface area is 74.6 Å². The molecule has 0 aliphatic heterocycles. The number of aliphatic hydroxyl groups is 1. The van der Waals surface area contributed by atoms with Crippen LogP contribution in [-0.4, -0.2) is 11.2 Å². The molecule has 0 radical (unpaired) electrons. The Hall–Kier alpha value is -1.35. The van der Waals surface area contributed by atoms with Gasteiger partial charge in [-0.05, 0) is 25.0 Å². The summed E-state index contributed by atoms with van der Waals surface area (Å²) in [7, 11) is 0. The molecule has 68 valence electrons. The lowest BCUT2D eigenvalue weighted by atomic mass is 10.1. The highest BCUT2D eigenvalue weighted by molar-refractivity contribution is 5.40. The molecular weight excluding hydrogens is 168 g/mol. The summed E-state index contributed by atoms with van der Waals surface area (Å²) in [4.78, 5) is 11.0. The van der Waals surface area contributed by atoms with Crippen molar-refractivity contribution < 1.29 is 9.52 Å². The van der Waals surface area contributed by atoms with Gasteiger partial charge in [0, 0.05) is 11.3 Å². The van der Waals surface area contributed by atoms with Gasteiger partial charge >= 0.3 is 5.63 Å². The fraction of sp³-hybridized carbons (Fsp3) is 0.300. The van der Waals surface area contributed by atoms with Gasteiger partial charge in [0.05, 0.1) is 6.10 Å². The Kier molecular flexibility index (Phi) is 1.81. The normalized spacial score (nSPS) is 20.0. The first-order chi connectivity index (χ1) is 6.16. The van der Waals surface area contributed by atoms with Crippen molar-refractivity contribution in [3.8, 4) is 0 Å². The van der Waals surface area contributed by atoms with Crippen LogP contribution < -0.4 is 16.3 Å². The van der Waals surface area contributed by atoms with E-state index in [1.165, 1.54) is 6.07 Å². The van der Waals surface area contributed by atoms with Crippen LogP contribution in [0, 0.1) is 6.92 Å². The van der Waals surface area contributed by atoms with Crippen molar-refractivity contribution >= 4 is 12.2 Å². The summed E-state index contributed by atoms with van der Waals surface area (Å²) < 4.78 is 4.95. The van der Waals surface area contributed by atoms with E-state index in [1.54, 1.807) is 6.08 Å². The molecule has 1 N–H and O–H groups in total. The summed E-state index contributed by atoms with van der Waals surface area (Å²) in [5.41, 5.74) is 1.02. The molecule has 1 aliphatic carbocycles. The topological polar surface area (TPSA) is 50.4 Å². The first kappa shape index (κ1) is 8.26. The highest BCUT2D eigenvalue weighted by atomic mass is 16.4. The van der Waals surface area contributed by atoms with Crippen molar-refractivity contribution in [2.75, 3.05) is 0 Å². The molecule has 1 unspecified atom stereocenters. The average molecular weight is 178 g/mol. The zero-order valence-corrected chi connectivity index (χ0v) is 7.28. The molecule has 1 aromatic heterocycles. The first-order valence-electron chi connectivity index (χ1n) is 4.18. The van der Waals surface area contributed by atoms with Crippen LogP contribution in [-0.2, 0) is 0 Å². The van der Waals surface area contributed by atoms with E-state index in [0.717, 1.165) is 10.8 Å². The summed E-state index contributed by atoms with van der Waals surface area (Å²) in [5, 5.41) is 10.2. The first-order valence-corrected chi connectivity index (χ1v) is 4.18. The molecule has 1 aliphatic rings. The summed E-state index contributed by atoms with van der Waals surface area (Å²) in [5.74, 6) is 0. The van der Waals surface area contributed by atoms with Crippen LogP contribution in [0.3, 0.4) is 0 Å². The number of hydrogen-bond donors (Lipinski definition) is 1. The van der Waals surface area contributed by atoms with Gasteiger partial charge in [-0.2, -0.15) is 0 Å². The molecular formula is C10H10O3. The van der Waals surface area contributed by atoms with Crippen molar-refractivity contribution in [3.05, 3.63) is 32.7 Å². The van der Waals surface area contributed by atoms with E-state index < -0.39 is 6.10 Å². The van der Waals surface area contributed by atoms with E-state index in [9.17, 15) is 9.90 Å². The van der Waals surface area contributed by atoms with Gasteiger partial charge < -0.3 is 9.52 Å². The van der Waals surface area contributed by atoms with Crippen molar-refractivity contribution in [2.45, 2.75) is 19.4 Å². The predicted molar refractivity (Wildman–Crippen MR) is 48.5 cm³/mol. The van der Waals surface area contributed by atoms with Crippen LogP contribution in [0.1, 0.15) is 12.0 Å². The average Bonchev–Trinajstić information content (AvgIpc) is 2.02. The van der Waals surface area contributed by atoms with Crippen LogP contribution in [0.2, 0.25) is 0 Å². The van der Waals surface area contributed by atoms with E-state index in [-0.39, 0.29) is 5.63 Å². The zero-order valence-electron chi connectivity index (χ0n) is 7.28. The van der Waals surface area contributed by atoms with Crippen LogP contribution in [0.5, 0.6) is 0 Å². The highest BCUT2D eigenvalue weighted by Crippen LogP contribution is 1.97. The fourth-order valence-electron chi connectivity index (χ4n) is 1.51. The predicted octanol–water partition coefficient (Wildman–Crippen LogP) is -0.726. The maximum atomic E-state index is 11.0. The number of aryl methyl sites for hydroxylation is 1. The second-order valence-corrected chi connectivity index (χ2v) is 3.20. The Morgan fingerprint density at radius 1 is 1.62 bits per heavy atom. The van der Waals surface area contributed by atoms with Crippen LogP contribution in [0.25, 0.3) is 12.2 Å². The lowest BCUT2D eigenvalue weighted by molar-refractivity contribution is 0.241. The molecule has 0 aromatic carbocycles. The largest absolute Gasteiger partial charge is 0.423 e. The number of fused-ring (bicyclic) bond motifs is 1. The second-order valence-electron chi connectivity index (χ2n) is 3.20. The smallest absolute Gasteiger partial charge is 0.336 e. The molecule has 13 heavy (non-hydrogen) atoms. The van der Waals surface area contributed by atoms with Gasteiger partial charge in [-0.1, -0.05) is 6.08 Å². The van der Waals surface area contributed by atoms with E-state index in [2.05, 4.69) is 0 Å². The van der Waals surface area contributed by atoms with Gasteiger partial charge in [0.1, 0.15) is 5.42 Å². The molecule has 1 aromatic rings. The maximum Gasteiger partial charge on any atom is 0.336 e. The number of aliphatic hydroxyl groups excluding tert-OH is 1. The van der Waals surface area contributed by atoms with Gasteiger partial charge in [0.2, 0.25) is 0 Å². The molecule has 3 nitrogen and oxygen atoms in total. The molecule has 0 spiro atoms. The molecule has 1 heterocycles.